The van der Waals surface area contributed by atoms with Crippen molar-refractivity contribution in [2.24, 2.45) is 0 Å². The molecule has 1 amide bonds. The average Bonchev–Trinajstić information content (AvgIpc) is 2.47. The highest BCUT2D eigenvalue weighted by Crippen LogP contribution is 2.34. The van der Waals surface area contributed by atoms with Crippen molar-refractivity contribution in [1.82, 2.24) is 14.8 Å². The lowest BCUT2D eigenvalue weighted by molar-refractivity contribution is -0.0494. The lowest BCUT2D eigenvalue weighted by atomic mass is 9.87. The summed E-state index contributed by atoms with van der Waals surface area (Å²) < 4.78 is 5.15. The molecule has 20 heavy (non-hydrogen) atoms. The topological polar surface area (TPSA) is 45.7 Å². The Bertz CT molecular complexity index is 511. The number of ether oxygens (including phenoxy) is 1. The van der Waals surface area contributed by atoms with E-state index >= 15 is 0 Å². The Morgan fingerprint density at radius 3 is 2.80 bits per heavy atom. The van der Waals surface area contributed by atoms with Gasteiger partial charge in [-0.1, -0.05) is 0 Å². The Kier molecular flexibility index (Phi) is 3.60. The van der Waals surface area contributed by atoms with Gasteiger partial charge in [0, 0.05) is 37.4 Å². The van der Waals surface area contributed by atoms with Gasteiger partial charge < -0.3 is 9.64 Å². The Morgan fingerprint density at radius 1 is 1.50 bits per heavy atom. The molecular weight excluding hydrogens is 274 g/mol. The van der Waals surface area contributed by atoms with Crippen molar-refractivity contribution in [2.75, 3.05) is 20.2 Å². The van der Waals surface area contributed by atoms with Crippen LogP contribution < -0.4 is 4.74 Å². The summed E-state index contributed by atoms with van der Waals surface area (Å²) in [6.45, 7) is 3.87. The number of nitrogens with zero attached hydrogens (tertiary/aromatic N) is 3. The van der Waals surface area contributed by atoms with Crippen molar-refractivity contribution in [3.63, 3.8) is 0 Å². The standard InChI is InChI=1S/C14H19N3O2S/c1-9(20)16-7-10-5-11(8-16)17(10)14(18)13-6-12(19-2)3-4-15-13/h3-4,6,9-11,20H,5,7-8H2,1-2H3. The number of pyridine rings is 1. The van der Waals surface area contributed by atoms with Crippen molar-refractivity contribution in [1.29, 1.82) is 0 Å². The third-order valence-electron chi connectivity index (χ3n) is 4.17. The number of rotatable bonds is 3. The molecule has 0 spiro atoms. The SMILES string of the molecule is COc1ccnc(C(=O)N2C3CC2CN(C(C)S)C3)c1. The fourth-order valence-electron chi connectivity index (χ4n) is 3.07. The van der Waals surface area contributed by atoms with E-state index in [1.807, 2.05) is 4.90 Å². The zero-order valence-corrected chi connectivity index (χ0v) is 12.6. The molecule has 1 aromatic rings. The molecule has 3 unspecified atom stereocenters. The molecule has 2 fully saturated rings. The van der Waals surface area contributed by atoms with E-state index in [0.717, 1.165) is 19.5 Å². The number of carbonyl (C=O) groups is 1. The van der Waals surface area contributed by atoms with Crippen LogP contribution in [-0.4, -0.2) is 58.3 Å². The van der Waals surface area contributed by atoms with Gasteiger partial charge in [-0.3, -0.25) is 14.7 Å². The minimum atomic E-state index is 0.0108. The molecule has 2 aliphatic heterocycles. The minimum Gasteiger partial charge on any atom is -0.497 e. The normalized spacial score (nSPS) is 26.9. The fraction of sp³-hybridized carbons (Fsp3) is 0.571. The molecule has 0 N–H and O–H groups in total. The van der Waals surface area contributed by atoms with Crippen LogP contribution in [0.4, 0.5) is 0 Å². The highest BCUT2D eigenvalue weighted by atomic mass is 32.1. The lowest BCUT2D eigenvalue weighted by Crippen LogP contribution is -2.70. The van der Waals surface area contributed by atoms with E-state index in [9.17, 15) is 4.79 Å². The smallest absolute Gasteiger partial charge is 0.273 e. The number of carbonyl (C=O) groups excluding carboxylic acids is 1. The van der Waals surface area contributed by atoms with Crippen LogP contribution in [0, 0.1) is 0 Å². The van der Waals surface area contributed by atoms with Crippen molar-refractivity contribution in [3.05, 3.63) is 24.0 Å². The van der Waals surface area contributed by atoms with E-state index in [4.69, 9.17) is 4.74 Å². The molecule has 3 atom stereocenters. The fourth-order valence-corrected chi connectivity index (χ4v) is 3.25. The van der Waals surface area contributed by atoms with Gasteiger partial charge >= 0.3 is 0 Å². The second-order valence-corrected chi connectivity index (χ2v) is 6.17. The van der Waals surface area contributed by atoms with Gasteiger partial charge in [0.05, 0.1) is 12.5 Å². The monoisotopic (exact) mass is 293 g/mol. The number of aromatic nitrogens is 1. The number of fused-ring (bicyclic) bond motifs is 2. The molecule has 0 radical (unpaired) electrons. The van der Waals surface area contributed by atoms with Gasteiger partial charge in [-0.05, 0) is 19.4 Å². The number of piperazine rings is 1. The number of likely N-dealkylation sites (tertiary alicyclic amines) is 2. The number of hydrogen-bond donors (Lipinski definition) is 1. The third-order valence-corrected chi connectivity index (χ3v) is 4.50. The van der Waals surface area contributed by atoms with E-state index < -0.39 is 0 Å². The maximum absolute atomic E-state index is 12.6. The van der Waals surface area contributed by atoms with Gasteiger partial charge in [0.15, 0.2) is 0 Å². The van der Waals surface area contributed by atoms with Crippen LogP contribution in [0.3, 0.4) is 0 Å². The molecule has 2 aliphatic rings. The van der Waals surface area contributed by atoms with Gasteiger partial charge in [-0.15, -0.1) is 0 Å². The Morgan fingerprint density at radius 2 is 2.20 bits per heavy atom. The number of methoxy groups -OCH3 is 1. The van der Waals surface area contributed by atoms with Crippen molar-refractivity contribution in [2.45, 2.75) is 30.8 Å². The van der Waals surface area contributed by atoms with E-state index in [1.54, 1.807) is 25.4 Å². The van der Waals surface area contributed by atoms with Gasteiger partial charge in [0.1, 0.15) is 11.4 Å². The molecule has 2 bridgehead atoms. The van der Waals surface area contributed by atoms with Gasteiger partial charge in [-0.2, -0.15) is 12.6 Å². The first kappa shape index (κ1) is 13.7. The first-order chi connectivity index (χ1) is 9.60. The summed E-state index contributed by atoms with van der Waals surface area (Å²) in [6.07, 6.45) is 2.70. The molecule has 0 aromatic carbocycles. The molecule has 2 saturated heterocycles. The average molecular weight is 293 g/mol. The molecule has 0 saturated carbocycles. The summed E-state index contributed by atoms with van der Waals surface area (Å²) in [5.74, 6) is 0.677. The van der Waals surface area contributed by atoms with Crippen LogP contribution in [0.25, 0.3) is 0 Å². The maximum Gasteiger partial charge on any atom is 0.273 e. The van der Waals surface area contributed by atoms with Crippen LogP contribution in [0.2, 0.25) is 0 Å². The Hall–Kier alpha value is -1.27. The van der Waals surface area contributed by atoms with E-state index in [-0.39, 0.29) is 11.3 Å². The van der Waals surface area contributed by atoms with Crippen LogP contribution in [0.5, 0.6) is 5.75 Å². The number of hydrogen-bond acceptors (Lipinski definition) is 5. The summed E-state index contributed by atoms with van der Waals surface area (Å²) in [5, 5.41) is 0.243. The largest absolute Gasteiger partial charge is 0.497 e. The van der Waals surface area contributed by atoms with Crippen molar-refractivity contribution >= 4 is 18.5 Å². The summed E-state index contributed by atoms with van der Waals surface area (Å²) in [5.41, 5.74) is 0.464. The maximum atomic E-state index is 12.6. The predicted octanol–water partition coefficient (Wildman–Crippen LogP) is 1.26. The van der Waals surface area contributed by atoms with Gasteiger partial charge in [0.25, 0.3) is 5.91 Å². The molecule has 0 aliphatic carbocycles. The Labute approximate surface area is 124 Å². The van der Waals surface area contributed by atoms with E-state index in [0.29, 0.717) is 23.5 Å². The summed E-state index contributed by atoms with van der Waals surface area (Å²) in [7, 11) is 1.59. The minimum absolute atomic E-state index is 0.0108. The third kappa shape index (κ3) is 2.27. The van der Waals surface area contributed by atoms with Crippen LogP contribution in [0.15, 0.2) is 18.3 Å². The van der Waals surface area contributed by atoms with Crippen molar-refractivity contribution in [3.8, 4) is 5.75 Å². The van der Waals surface area contributed by atoms with Crippen molar-refractivity contribution < 1.29 is 9.53 Å². The molecule has 6 heteroatoms. The highest BCUT2D eigenvalue weighted by molar-refractivity contribution is 7.80. The molecule has 3 heterocycles. The van der Waals surface area contributed by atoms with Crippen LogP contribution in [0.1, 0.15) is 23.8 Å². The molecule has 1 aromatic heterocycles. The second-order valence-electron chi connectivity index (χ2n) is 5.42. The van der Waals surface area contributed by atoms with E-state index in [2.05, 4.69) is 29.4 Å². The predicted molar refractivity (Wildman–Crippen MR) is 79.2 cm³/mol. The highest BCUT2D eigenvalue weighted by Gasteiger charge is 2.48. The number of thiol groups is 1. The second kappa shape index (κ2) is 5.26. The van der Waals surface area contributed by atoms with Gasteiger partial charge in [-0.25, -0.2) is 0 Å². The van der Waals surface area contributed by atoms with Crippen LogP contribution in [-0.2, 0) is 0 Å². The lowest BCUT2D eigenvalue weighted by Gasteiger charge is -2.56. The van der Waals surface area contributed by atoms with Crippen LogP contribution >= 0.6 is 12.6 Å². The molecule has 3 rings (SSSR count). The van der Waals surface area contributed by atoms with Gasteiger partial charge in [0.2, 0.25) is 0 Å². The first-order valence-corrected chi connectivity index (χ1v) is 7.36. The Balaban J connectivity index is 1.73. The summed E-state index contributed by atoms with van der Waals surface area (Å²) in [4.78, 5) is 21.0. The zero-order valence-electron chi connectivity index (χ0n) is 11.7. The summed E-state index contributed by atoms with van der Waals surface area (Å²) >= 11 is 4.47. The van der Waals surface area contributed by atoms with E-state index in [1.165, 1.54) is 0 Å². The molecular formula is C14H19N3O2S. The zero-order chi connectivity index (χ0) is 14.3. The summed E-state index contributed by atoms with van der Waals surface area (Å²) in [6, 6.07) is 4.04. The number of amides is 1. The molecule has 5 nitrogen and oxygen atoms in total. The quantitative estimate of drug-likeness (QED) is 0.853. The number of piperidine rings is 1. The molecule has 108 valence electrons. The first-order valence-electron chi connectivity index (χ1n) is 6.85.